The van der Waals surface area contributed by atoms with Gasteiger partial charge in [0.15, 0.2) is 5.96 Å². The molecule has 0 saturated carbocycles. The molecule has 1 unspecified atom stereocenters. The van der Waals surface area contributed by atoms with Gasteiger partial charge < -0.3 is 15.0 Å². The molecule has 0 amide bonds. The van der Waals surface area contributed by atoms with E-state index in [0.717, 1.165) is 37.8 Å². The van der Waals surface area contributed by atoms with Crippen LogP contribution < -0.4 is 14.8 Å². The van der Waals surface area contributed by atoms with E-state index in [1.807, 2.05) is 12.1 Å². The van der Waals surface area contributed by atoms with Gasteiger partial charge in [0.05, 0.1) is 12.9 Å². The Morgan fingerprint density at radius 3 is 2.67 bits per heavy atom. The summed E-state index contributed by atoms with van der Waals surface area (Å²) in [5.74, 6) is 2.38. The first-order valence-corrected chi connectivity index (χ1v) is 11.3. The minimum Gasteiger partial charge on any atom is -0.497 e. The first-order chi connectivity index (χ1) is 13.0. The van der Waals surface area contributed by atoms with Crippen LogP contribution in [0, 0.1) is 0 Å². The summed E-state index contributed by atoms with van der Waals surface area (Å²) >= 11 is 0. The monoisotopic (exact) mass is 396 g/mol. The Kier molecular flexibility index (Phi) is 8.37. The number of likely N-dealkylation sites (tertiary alicyclic amines) is 1. The van der Waals surface area contributed by atoms with Gasteiger partial charge in [0.25, 0.3) is 0 Å². The van der Waals surface area contributed by atoms with Gasteiger partial charge in [0.1, 0.15) is 5.75 Å². The van der Waals surface area contributed by atoms with Gasteiger partial charge in [0, 0.05) is 38.6 Å². The fourth-order valence-electron chi connectivity index (χ4n) is 3.12. The van der Waals surface area contributed by atoms with Gasteiger partial charge in [-0.05, 0) is 44.4 Å². The van der Waals surface area contributed by atoms with Crippen molar-refractivity contribution in [3.05, 3.63) is 29.8 Å². The molecule has 0 aliphatic carbocycles. The molecule has 0 bridgehead atoms. The maximum absolute atomic E-state index is 11.4. The van der Waals surface area contributed by atoms with Crippen LogP contribution in [0.25, 0.3) is 0 Å². The predicted molar refractivity (Wildman–Crippen MR) is 110 cm³/mol. The third-order valence-electron chi connectivity index (χ3n) is 4.71. The lowest BCUT2D eigenvalue weighted by atomic mass is 9.98. The molecule has 1 aliphatic rings. The SMILES string of the molecule is CCNC(=NCCCNS(=O)(=O)CC)N1CCC(c2ccc(OC)cc2)C1. The minimum atomic E-state index is -3.12. The molecule has 27 heavy (non-hydrogen) atoms. The summed E-state index contributed by atoms with van der Waals surface area (Å²) < 4.78 is 30.7. The number of benzene rings is 1. The maximum Gasteiger partial charge on any atom is 0.211 e. The number of nitrogens with zero attached hydrogens (tertiary/aromatic N) is 2. The van der Waals surface area contributed by atoms with Crippen molar-refractivity contribution in [1.82, 2.24) is 14.9 Å². The van der Waals surface area contributed by atoms with Gasteiger partial charge in [-0.25, -0.2) is 13.1 Å². The smallest absolute Gasteiger partial charge is 0.211 e. The van der Waals surface area contributed by atoms with Gasteiger partial charge in [-0.2, -0.15) is 0 Å². The van der Waals surface area contributed by atoms with Crippen molar-refractivity contribution in [3.8, 4) is 5.75 Å². The average Bonchev–Trinajstić information content (AvgIpc) is 3.17. The van der Waals surface area contributed by atoms with Crippen LogP contribution in [-0.4, -0.2) is 64.9 Å². The fraction of sp³-hybridized carbons (Fsp3) is 0.632. The standard InChI is InChI=1S/C19H32N4O3S/c1-4-20-19(21-12-6-13-22-27(24,25)5-2)23-14-11-17(15-23)16-7-9-18(26-3)10-8-16/h7-10,17,22H,4-6,11-15H2,1-3H3,(H,20,21). The highest BCUT2D eigenvalue weighted by Crippen LogP contribution is 2.28. The van der Waals surface area contributed by atoms with E-state index in [0.29, 0.717) is 25.4 Å². The summed E-state index contributed by atoms with van der Waals surface area (Å²) in [6.45, 7) is 7.42. The average molecular weight is 397 g/mol. The van der Waals surface area contributed by atoms with Crippen LogP contribution >= 0.6 is 0 Å². The van der Waals surface area contributed by atoms with Crippen LogP contribution in [0.2, 0.25) is 0 Å². The number of sulfonamides is 1. The summed E-state index contributed by atoms with van der Waals surface area (Å²) in [7, 11) is -1.44. The van der Waals surface area contributed by atoms with Crippen LogP contribution in [0.3, 0.4) is 0 Å². The number of nitrogens with one attached hydrogen (secondary N) is 2. The highest BCUT2D eigenvalue weighted by atomic mass is 32.2. The fourth-order valence-corrected chi connectivity index (χ4v) is 3.78. The molecule has 1 saturated heterocycles. The van der Waals surface area contributed by atoms with Crippen molar-refractivity contribution in [2.75, 3.05) is 45.6 Å². The van der Waals surface area contributed by atoms with Crippen molar-refractivity contribution >= 4 is 16.0 Å². The van der Waals surface area contributed by atoms with Gasteiger partial charge in [-0.3, -0.25) is 4.99 Å². The number of guanidine groups is 1. The van der Waals surface area contributed by atoms with Crippen molar-refractivity contribution in [2.45, 2.75) is 32.6 Å². The van der Waals surface area contributed by atoms with Gasteiger partial charge in [0.2, 0.25) is 10.0 Å². The zero-order valence-corrected chi connectivity index (χ0v) is 17.4. The molecule has 0 radical (unpaired) electrons. The Balaban J connectivity index is 1.88. The zero-order valence-electron chi connectivity index (χ0n) is 16.6. The Morgan fingerprint density at radius 2 is 2.04 bits per heavy atom. The number of aliphatic imine (C=N–C) groups is 1. The number of rotatable bonds is 9. The summed E-state index contributed by atoms with van der Waals surface area (Å²) in [6.07, 6.45) is 1.77. The van der Waals surface area contributed by atoms with E-state index < -0.39 is 10.0 Å². The van der Waals surface area contributed by atoms with E-state index in [-0.39, 0.29) is 5.75 Å². The first kappa shape index (κ1) is 21.5. The number of hydrogen-bond donors (Lipinski definition) is 2. The van der Waals surface area contributed by atoms with Crippen molar-refractivity contribution < 1.29 is 13.2 Å². The van der Waals surface area contributed by atoms with E-state index in [4.69, 9.17) is 4.74 Å². The highest BCUT2D eigenvalue weighted by molar-refractivity contribution is 7.89. The van der Waals surface area contributed by atoms with Crippen LogP contribution in [-0.2, 0) is 10.0 Å². The molecule has 1 heterocycles. The van der Waals surface area contributed by atoms with E-state index in [1.54, 1.807) is 14.0 Å². The molecule has 1 fully saturated rings. The molecule has 2 N–H and O–H groups in total. The Labute approximate surface area is 163 Å². The largest absolute Gasteiger partial charge is 0.497 e. The molecule has 8 heteroatoms. The van der Waals surface area contributed by atoms with Crippen LogP contribution in [0.15, 0.2) is 29.3 Å². The van der Waals surface area contributed by atoms with Crippen LogP contribution in [0.5, 0.6) is 5.75 Å². The Morgan fingerprint density at radius 1 is 1.30 bits per heavy atom. The summed E-state index contributed by atoms with van der Waals surface area (Å²) in [4.78, 5) is 6.96. The number of hydrogen-bond acceptors (Lipinski definition) is 4. The lowest BCUT2D eigenvalue weighted by Crippen LogP contribution is -2.40. The van der Waals surface area contributed by atoms with Crippen LogP contribution in [0.4, 0.5) is 0 Å². The summed E-state index contributed by atoms with van der Waals surface area (Å²) in [5.41, 5.74) is 1.32. The van der Waals surface area contributed by atoms with Crippen molar-refractivity contribution in [1.29, 1.82) is 0 Å². The summed E-state index contributed by atoms with van der Waals surface area (Å²) in [5, 5.41) is 3.35. The minimum absolute atomic E-state index is 0.111. The molecule has 1 aromatic rings. The van der Waals surface area contributed by atoms with E-state index >= 15 is 0 Å². The molecule has 7 nitrogen and oxygen atoms in total. The number of ether oxygens (including phenoxy) is 1. The second-order valence-electron chi connectivity index (χ2n) is 6.59. The topological polar surface area (TPSA) is 83.0 Å². The predicted octanol–water partition coefficient (Wildman–Crippen LogP) is 1.78. The molecule has 2 rings (SSSR count). The quantitative estimate of drug-likeness (QED) is 0.378. The molecule has 0 aromatic heterocycles. The Bertz CT molecular complexity index is 704. The third-order valence-corrected chi connectivity index (χ3v) is 6.11. The number of methoxy groups -OCH3 is 1. The molecular weight excluding hydrogens is 364 g/mol. The molecular formula is C19H32N4O3S. The summed E-state index contributed by atoms with van der Waals surface area (Å²) in [6, 6.07) is 8.29. The highest BCUT2D eigenvalue weighted by Gasteiger charge is 2.26. The molecule has 1 atom stereocenters. The van der Waals surface area contributed by atoms with E-state index in [2.05, 4.69) is 39.0 Å². The van der Waals surface area contributed by atoms with E-state index in [9.17, 15) is 8.42 Å². The van der Waals surface area contributed by atoms with Gasteiger partial charge >= 0.3 is 0 Å². The van der Waals surface area contributed by atoms with Crippen molar-refractivity contribution in [2.24, 2.45) is 4.99 Å². The van der Waals surface area contributed by atoms with Crippen molar-refractivity contribution in [3.63, 3.8) is 0 Å². The normalized spacial score (nSPS) is 18.0. The molecule has 1 aliphatic heterocycles. The lowest BCUT2D eigenvalue weighted by Gasteiger charge is -2.22. The lowest BCUT2D eigenvalue weighted by molar-refractivity contribution is 0.414. The molecule has 152 valence electrons. The Hall–Kier alpha value is -1.80. The third kappa shape index (κ3) is 6.70. The second-order valence-corrected chi connectivity index (χ2v) is 8.69. The van der Waals surface area contributed by atoms with Gasteiger partial charge in [-0.1, -0.05) is 12.1 Å². The zero-order chi connectivity index (χ0) is 19.7. The first-order valence-electron chi connectivity index (χ1n) is 9.63. The van der Waals surface area contributed by atoms with E-state index in [1.165, 1.54) is 5.56 Å². The second kappa shape index (κ2) is 10.5. The molecule has 1 aromatic carbocycles. The van der Waals surface area contributed by atoms with Gasteiger partial charge in [-0.15, -0.1) is 0 Å². The maximum atomic E-state index is 11.4. The van der Waals surface area contributed by atoms with Crippen LogP contribution in [0.1, 0.15) is 38.2 Å². The molecule has 0 spiro atoms.